The van der Waals surface area contributed by atoms with E-state index < -0.39 is 27.8 Å². The molecule has 0 heterocycles. The molecule has 224 valence electrons. The van der Waals surface area contributed by atoms with E-state index in [0.717, 1.165) is 17.7 Å². The van der Waals surface area contributed by atoms with Gasteiger partial charge in [-0.15, -0.1) is 0 Å². The van der Waals surface area contributed by atoms with Crippen molar-refractivity contribution in [2.45, 2.75) is 31.3 Å². The van der Waals surface area contributed by atoms with Crippen LogP contribution in [0.15, 0.2) is 114 Å². The van der Waals surface area contributed by atoms with Crippen molar-refractivity contribution in [3.8, 4) is 5.75 Å². The van der Waals surface area contributed by atoms with Gasteiger partial charge in [0.1, 0.15) is 17.6 Å². The molecule has 1 atom stereocenters. The molecule has 8 nitrogen and oxygen atoms in total. The summed E-state index contributed by atoms with van der Waals surface area (Å²) in [6.07, 6.45) is 0. The fourth-order valence-electron chi connectivity index (χ4n) is 4.29. The molecule has 0 saturated carbocycles. The maximum Gasteiger partial charge on any atom is 0.261 e. The number of anilines is 1. The van der Waals surface area contributed by atoms with Crippen LogP contribution in [0.5, 0.6) is 5.75 Å². The van der Waals surface area contributed by atoms with Crippen LogP contribution in [0.3, 0.4) is 0 Å². The Bertz CT molecular complexity index is 1600. The van der Waals surface area contributed by atoms with Gasteiger partial charge in [-0.3, -0.25) is 14.3 Å². The summed E-state index contributed by atoms with van der Waals surface area (Å²) >= 11 is 0. The van der Waals surface area contributed by atoms with E-state index in [2.05, 4.69) is 10.0 Å². The number of hydrogen-bond acceptors (Lipinski definition) is 5. The normalized spacial score (nSPS) is 11.9. The lowest BCUT2D eigenvalue weighted by Crippen LogP contribution is -2.45. The number of halogens is 1. The standard InChI is InChI=1S/C33H34FN3O5S/c1-24(2)21-35-33(39)32(26-11-7-4-8-12-26)37(22-25-9-5-3-6-10-25)31(38)23-42-29-17-19-30(20-18-29)43(40,41)36-28-15-13-27(34)14-16-28/h3-20,24,32,36H,21-23H2,1-2H3,(H,35,39). The molecule has 10 heteroatoms. The number of benzene rings is 4. The van der Waals surface area contributed by atoms with E-state index in [4.69, 9.17) is 4.74 Å². The fraction of sp³-hybridized carbons (Fsp3) is 0.212. The highest BCUT2D eigenvalue weighted by Gasteiger charge is 2.32. The molecule has 0 fully saturated rings. The van der Waals surface area contributed by atoms with Crippen molar-refractivity contribution in [1.82, 2.24) is 10.2 Å². The first kappa shape index (κ1) is 31.2. The summed E-state index contributed by atoms with van der Waals surface area (Å²) in [4.78, 5) is 28.7. The van der Waals surface area contributed by atoms with Gasteiger partial charge in [0, 0.05) is 18.8 Å². The monoisotopic (exact) mass is 603 g/mol. The Kier molecular flexibility index (Phi) is 10.5. The van der Waals surface area contributed by atoms with Crippen molar-refractivity contribution in [3.05, 3.63) is 126 Å². The van der Waals surface area contributed by atoms with Crippen molar-refractivity contribution >= 4 is 27.5 Å². The first-order valence-corrected chi connectivity index (χ1v) is 15.3. The number of ether oxygens (including phenoxy) is 1. The molecule has 0 saturated heterocycles. The van der Waals surface area contributed by atoms with Gasteiger partial charge >= 0.3 is 0 Å². The smallest absolute Gasteiger partial charge is 0.261 e. The van der Waals surface area contributed by atoms with E-state index in [1.807, 2.05) is 74.5 Å². The highest BCUT2D eigenvalue weighted by molar-refractivity contribution is 7.92. The molecule has 0 aliphatic rings. The van der Waals surface area contributed by atoms with Crippen LogP contribution >= 0.6 is 0 Å². The summed E-state index contributed by atoms with van der Waals surface area (Å²) < 4.78 is 46.8. The topological polar surface area (TPSA) is 105 Å². The van der Waals surface area contributed by atoms with E-state index in [0.29, 0.717) is 12.1 Å². The summed E-state index contributed by atoms with van der Waals surface area (Å²) in [5.74, 6) is -0.707. The van der Waals surface area contributed by atoms with E-state index in [9.17, 15) is 22.4 Å². The lowest BCUT2D eigenvalue weighted by atomic mass is 10.0. The molecule has 0 aliphatic heterocycles. The van der Waals surface area contributed by atoms with E-state index in [1.165, 1.54) is 41.3 Å². The van der Waals surface area contributed by atoms with Crippen molar-refractivity contribution in [1.29, 1.82) is 0 Å². The molecule has 0 radical (unpaired) electrons. The molecule has 0 bridgehead atoms. The number of hydrogen-bond donors (Lipinski definition) is 2. The Morgan fingerprint density at radius 3 is 2.05 bits per heavy atom. The zero-order valence-electron chi connectivity index (χ0n) is 23.9. The molecule has 1 unspecified atom stereocenters. The average Bonchev–Trinajstić information content (AvgIpc) is 3.01. The number of rotatable bonds is 13. The van der Waals surface area contributed by atoms with E-state index in [-0.39, 0.29) is 41.3 Å². The van der Waals surface area contributed by atoms with Crippen LogP contribution in [-0.4, -0.2) is 38.3 Å². The molecule has 4 aromatic rings. The van der Waals surface area contributed by atoms with Crippen LogP contribution in [-0.2, 0) is 26.2 Å². The molecule has 0 aliphatic carbocycles. The molecule has 0 spiro atoms. The van der Waals surface area contributed by atoms with Gasteiger partial charge in [-0.25, -0.2) is 12.8 Å². The van der Waals surface area contributed by atoms with Crippen LogP contribution < -0.4 is 14.8 Å². The summed E-state index contributed by atoms with van der Waals surface area (Å²) in [7, 11) is -3.93. The van der Waals surface area contributed by atoms with Gasteiger partial charge in [-0.05, 0) is 65.6 Å². The Balaban J connectivity index is 1.52. The third-order valence-electron chi connectivity index (χ3n) is 6.47. The second-order valence-corrected chi connectivity index (χ2v) is 12.0. The molecule has 0 aromatic heterocycles. The SMILES string of the molecule is CC(C)CNC(=O)C(c1ccccc1)N(Cc1ccccc1)C(=O)COc1ccc(S(=O)(=O)Nc2ccc(F)cc2)cc1. The molecule has 4 rings (SSSR count). The van der Waals surface area contributed by atoms with E-state index in [1.54, 1.807) is 0 Å². The zero-order valence-corrected chi connectivity index (χ0v) is 24.8. The van der Waals surface area contributed by atoms with Crippen molar-refractivity contribution < 1.29 is 27.1 Å². The number of carbonyl (C=O) groups excluding carboxylic acids is 2. The van der Waals surface area contributed by atoms with Crippen molar-refractivity contribution in [3.63, 3.8) is 0 Å². The molecule has 2 N–H and O–H groups in total. The Morgan fingerprint density at radius 1 is 0.837 bits per heavy atom. The van der Waals surface area contributed by atoms with Crippen LogP contribution in [0.25, 0.3) is 0 Å². The summed E-state index contributed by atoms with van der Waals surface area (Å²) in [6, 6.07) is 28.1. The van der Waals surface area contributed by atoms with Crippen LogP contribution in [0, 0.1) is 11.7 Å². The third-order valence-corrected chi connectivity index (χ3v) is 7.87. The van der Waals surface area contributed by atoms with E-state index >= 15 is 0 Å². The number of nitrogens with zero attached hydrogens (tertiary/aromatic N) is 1. The molecule has 4 aromatic carbocycles. The minimum Gasteiger partial charge on any atom is -0.484 e. The van der Waals surface area contributed by atoms with Gasteiger partial charge in [0.15, 0.2) is 6.61 Å². The van der Waals surface area contributed by atoms with Gasteiger partial charge in [0.05, 0.1) is 4.90 Å². The zero-order chi connectivity index (χ0) is 30.8. The highest BCUT2D eigenvalue weighted by atomic mass is 32.2. The Morgan fingerprint density at radius 2 is 1.44 bits per heavy atom. The minimum absolute atomic E-state index is 0.0350. The maximum absolute atomic E-state index is 13.7. The number of carbonyl (C=O) groups is 2. The number of nitrogens with one attached hydrogen (secondary N) is 2. The minimum atomic E-state index is -3.93. The lowest BCUT2D eigenvalue weighted by molar-refractivity contribution is -0.143. The second-order valence-electron chi connectivity index (χ2n) is 10.3. The van der Waals surface area contributed by atoms with Gasteiger partial charge in [-0.2, -0.15) is 0 Å². The third kappa shape index (κ3) is 8.89. The largest absolute Gasteiger partial charge is 0.484 e. The van der Waals surface area contributed by atoms with Crippen LogP contribution in [0.2, 0.25) is 0 Å². The quantitative estimate of drug-likeness (QED) is 0.209. The molecular weight excluding hydrogens is 569 g/mol. The summed E-state index contributed by atoms with van der Waals surface area (Å²) in [5.41, 5.74) is 1.73. The summed E-state index contributed by atoms with van der Waals surface area (Å²) in [5, 5.41) is 2.96. The Hall–Kier alpha value is -4.70. The highest BCUT2D eigenvalue weighted by Crippen LogP contribution is 2.25. The predicted molar refractivity (Wildman–Crippen MR) is 163 cm³/mol. The van der Waals surface area contributed by atoms with Crippen molar-refractivity contribution in [2.75, 3.05) is 17.9 Å². The summed E-state index contributed by atoms with van der Waals surface area (Å²) in [6.45, 7) is 4.23. The second kappa shape index (κ2) is 14.5. The van der Waals surface area contributed by atoms with Crippen LogP contribution in [0.4, 0.5) is 10.1 Å². The van der Waals surface area contributed by atoms with Gasteiger partial charge in [0.2, 0.25) is 5.91 Å². The lowest BCUT2D eigenvalue weighted by Gasteiger charge is -2.32. The Labute approximate surface area is 251 Å². The first-order chi connectivity index (χ1) is 20.6. The van der Waals surface area contributed by atoms with Gasteiger partial charge in [-0.1, -0.05) is 74.5 Å². The number of sulfonamides is 1. The molecule has 2 amide bonds. The fourth-order valence-corrected chi connectivity index (χ4v) is 5.35. The van der Waals surface area contributed by atoms with Gasteiger partial charge < -0.3 is 15.0 Å². The van der Waals surface area contributed by atoms with Crippen LogP contribution in [0.1, 0.15) is 31.0 Å². The number of amides is 2. The maximum atomic E-state index is 13.7. The first-order valence-electron chi connectivity index (χ1n) is 13.8. The average molecular weight is 604 g/mol. The van der Waals surface area contributed by atoms with Crippen molar-refractivity contribution in [2.24, 2.45) is 5.92 Å². The molecular formula is C33H34FN3O5S. The molecule has 43 heavy (non-hydrogen) atoms. The predicted octanol–water partition coefficient (Wildman–Crippen LogP) is 5.55. The van der Waals surface area contributed by atoms with Gasteiger partial charge in [0.25, 0.3) is 15.9 Å².